The average Bonchev–Trinajstić information content (AvgIpc) is 3.23. The van der Waals surface area contributed by atoms with E-state index in [1.54, 1.807) is 30.3 Å². The lowest BCUT2D eigenvalue weighted by Gasteiger charge is -2.11. The molecule has 2 heterocycles. The van der Waals surface area contributed by atoms with E-state index in [-0.39, 0.29) is 17.9 Å². The zero-order valence-corrected chi connectivity index (χ0v) is 12.7. The number of anilines is 2. The molecular weight excluding hydrogens is 300 g/mol. The van der Waals surface area contributed by atoms with E-state index in [4.69, 9.17) is 4.74 Å². The largest absolute Gasteiger partial charge is 0.368 e. The third-order valence-electron chi connectivity index (χ3n) is 3.38. The molecule has 0 spiro atoms. The third kappa shape index (κ3) is 3.52. The van der Waals surface area contributed by atoms with Crippen molar-refractivity contribution in [3.8, 4) is 0 Å². The summed E-state index contributed by atoms with van der Waals surface area (Å²) in [5.74, 6) is -0.251. The van der Waals surface area contributed by atoms with Crippen molar-refractivity contribution in [3.63, 3.8) is 0 Å². The Morgan fingerprint density at radius 1 is 1.09 bits per heavy atom. The number of benzene rings is 1. The molecule has 5 nitrogen and oxygen atoms in total. The number of hydrogen-bond donors (Lipinski definition) is 2. The standard InChI is InChI=1S/C16H16N2O3S/c19-15(13-3-1-9-21-13)17-11-5-7-12(8-6-11)18-16(20)14-4-2-10-22-14/h2,4-8,10,13H,1,3,9H2,(H,17,19)(H,18,20)/t13-/m0/s1. The quantitative estimate of drug-likeness (QED) is 0.910. The minimum atomic E-state index is -0.349. The molecule has 3 rings (SSSR count). The summed E-state index contributed by atoms with van der Waals surface area (Å²) < 4.78 is 5.34. The summed E-state index contributed by atoms with van der Waals surface area (Å²) in [7, 11) is 0. The molecule has 1 aliphatic heterocycles. The van der Waals surface area contributed by atoms with Gasteiger partial charge in [-0.1, -0.05) is 6.07 Å². The fourth-order valence-electron chi connectivity index (χ4n) is 2.24. The number of amides is 2. The lowest BCUT2D eigenvalue weighted by atomic mass is 10.2. The summed E-state index contributed by atoms with van der Waals surface area (Å²) in [5, 5.41) is 7.49. The Labute approximate surface area is 132 Å². The zero-order chi connectivity index (χ0) is 15.4. The van der Waals surface area contributed by atoms with Crippen LogP contribution in [0, 0.1) is 0 Å². The lowest BCUT2D eigenvalue weighted by Crippen LogP contribution is -2.26. The van der Waals surface area contributed by atoms with E-state index in [9.17, 15) is 9.59 Å². The Bertz CT molecular complexity index is 647. The summed E-state index contributed by atoms with van der Waals surface area (Å²) in [6.07, 6.45) is 1.34. The molecule has 1 aliphatic rings. The first-order chi connectivity index (χ1) is 10.7. The van der Waals surface area contributed by atoms with Crippen molar-refractivity contribution in [2.75, 3.05) is 17.2 Å². The molecule has 1 fully saturated rings. The number of carbonyl (C=O) groups excluding carboxylic acids is 2. The minimum absolute atomic E-state index is 0.118. The Balaban J connectivity index is 1.58. The Kier molecular flexibility index (Phi) is 4.50. The fraction of sp³-hybridized carbons (Fsp3) is 0.250. The molecule has 0 radical (unpaired) electrons. The van der Waals surface area contributed by atoms with E-state index in [1.165, 1.54) is 11.3 Å². The normalized spacial score (nSPS) is 17.2. The van der Waals surface area contributed by atoms with E-state index >= 15 is 0 Å². The van der Waals surface area contributed by atoms with Gasteiger partial charge in [0.25, 0.3) is 11.8 Å². The molecule has 2 N–H and O–H groups in total. The van der Waals surface area contributed by atoms with E-state index in [1.807, 2.05) is 11.4 Å². The molecule has 6 heteroatoms. The van der Waals surface area contributed by atoms with Gasteiger partial charge in [-0.05, 0) is 48.6 Å². The molecule has 0 bridgehead atoms. The summed E-state index contributed by atoms with van der Waals surface area (Å²) in [4.78, 5) is 24.5. The summed E-state index contributed by atoms with van der Waals surface area (Å²) in [6.45, 7) is 0.645. The van der Waals surface area contributed by atoms with Gasteiger partial charge in [0.05, 0.1) is 4.88 Å². The predicted octanol–water partition coefficient (Wildman–Crippen LogP) is 3.12. The van der Waals surface area contributed by atoms with Gasteiger partial charge < -0.3 is 15.4 Å². The number of hydrogen-bond acceptors (Lipinski definition) is 4. The van der Waals surface area contributed by atoms with Crippen LogP contribution in [0.3, 0.4) is 0 Å². The summed E-state index contributed by atoms with van der Waals surface area (Å²) in [6, 6.07) is 10.7. The van der Waals surface area contributed by atoms with Crippen LogP contribution < -0.4 is 10.6 Å². The van der Waals surface area contributed by atoms with Gasteiger partial charge in [0.2, 0.25) is 0 Å². The van der Waals surface area contributed by atoms with Gasteiger partial charge in [0, 0.05) is 18.0 Å². The molecule has 1 aromatic carbocycles. The molecule has 114 valence electrons. The van der Waals surface area contributed by atoms with E-state index in [2.05, 4.69) is 10.6 Å². The van der Waals surface area contributed by atoms with Crippen LogP contribution in [0.4, 0.5) is 11.4 Å². The number of thiophene rings is 1. The minimum Gasteiger partial charge on any atom is -0.368 e. The monoisotopic (exact) mass is 316 g/mol. The highest BCUT2D eigenvalue weighted by Gasteiger charge is 2.23. The van der Waals surface area contributed by atoms with Gasteiger partial charge >= 0.3 is 0 Å². The first-order valence-electron chi connectivity index (χ1n) is 7.10. The maximum absolute atomic E-state index is 11.9. The van der Waals surface area contributed by atoms with Gasteiger partial charge in [-0.15, -0.1) is 11.3 Å². The van der Waals surface area contributed by atoms with E-state index in [0.29, 0.717) is 22.9 Å². The average molecular weight is 316 g/mol. The Morgan fingerprint density at radius 3 is 2.41 bits per heavy atom. The maximum Gasteiger partial charge on any atom is 0.265 e. The summed E-state index contributed by atoms with van der Waals surface area (Å²) in [5.41, 5.74) is 1.38. The van der Waals surface area contributed by atoms with Gasteiger partial charge in [-0.2, -0.15) is 0 Å². The van der Waals surface area contributed by atoms with Gasteiger partial charge in [0.15, 0.2) is 0 Å². The molecular formula is C16H16N2O3S. The van der Waals surface area contributed by atoms with Gasteiger partial charge in [-0.25, -0.2) is 0 Å². The number of ether oxygens (including phenoxy) is 1. The van der Waals surface area contributed by atoms with Crippen molar-refractivity contribution in [1.82, 2.24) is 0 Å². The number of nitrogens with one attached hydrogen (secondary N) is 2. The van der Waals surface area contributed by atoms with E-state index < -0.39 is 0 Å². The first kappa shape index (κ1) is 14.7. The second-order valence-corrected chi connectivity index (χ2v) is 5.95. The highest BCUT2D eigenvalue weighted by molar-refractivity contribution is 7.12. The number of carbonyl (C=O) groups is 2. The fourth-order valence-corrected chi connectivity index (χ4v) is 2.86. The smallest absolute Gasteiger partial charge is 0.265 e. The van der Waals surface area contributed by atoms with Crippen LogP contribution in [-0.4, -0.2) is 24.5 Å². The van der Waals surface area contributed by atoms with Crippen molar-refractivity contribution < 1.29 is 14.3 Å². The molecule has 1 saturated heterocycles. The van der Waals surface area contributed by atoms with Crippen molar-refractivity contribution in [3.05, 3.63) is 46.7 Å². The Hall–Kier alpha value is -2.18. The van der Waals surface area contributed by atoms with Gasteiger partial charge in [0.1, 0.15) is 6.10 Å². The van der Waals surface area contributed by atoms with Crippen LogP contribution in [0.1, 0.15) is 22.5 Å². The van der Waals surface area contributed by atoms with Crippen molar-refractivity contribution >= 4 is 34.5 Å². The van der Waals surface area contributed by atoms with Gasteiger partial charge in [-0.3, -0.25) is 9.59 Å². The summed E-state index contributed by atoms with van der Waals surface area (Å²) >= 11 is 1.39. The molecule has 22 heavy (non-hydrogen) atoms. The van der Waals surface area contributed by atoms with Crippen LogP contribution in [0.15, 0.2) is 41.8 Å². The Morgan fingerprint density at radius 2 is 1.82 bits per heavy atom. The molecule has 0 aliphatic carbocycles. The molecule has 0 saturated carbocycles. The van der Waals surface area contributed by atoms with Crippen LogP contribution >= 0.6 is 11.3 Å². The molecule has 1 atom stereocenters. The van der Waals surface area contributed by atoms with Crippen LogP contribution in [-0.2, 0) is 9.53 Å². The second-order valence-electron chi connectivity index (χ2n) is 5.00. The molecule has 0 unspecified atom stereocenters. The maximum atomic E-state index is 11.9. The van der Waals surface area contributed by atoms with Crippen LogP contribution in [0.5, 0.6) is 0 Å². The topological polar surface area (TPSA) is 67.4 Å². The SMILES string of the molecule is O=C(Nc1ccc(NC(=O)[C@@H]2CCCO2)cc1)c1cccs1. The molecule has 1 aromatic heterocycles. The van der Waals surface area contributed by atoms with Crippen LogP contribution in [0.25, 0.3) is 0 Å². The lowest BCUT2D eigenvalue weighted by molar-refractivity contribution is -0.124. The number of rotatable bonds is 4. The van der Waals surface area contributed by atoms with Crippen molar-refractivity contribution in [2.45, 2.75) is 18.9 Å². The second kappa shape index (κ2) is 6.72. The highest BCUT2D eigenvalue weighted by atomic mass is 32.1. The highest BCUT2D eigenvalue weighted by Crippen LogP contribution is 2.18. The first-order valence-corrected chi connectivity index (χ1v) is 7.98. The van der Waals surface area contributed by atoms with E-state index in [0.717, 1.165) is 12.8 Å². The van der Waals surface area contributed by atoms with Crippen molar-refractivity contribution in [2.24, 2.45) is 0 Å². The molecule has 2 amide bonds. The van der Waals surface area contributed by atoms with Crippen LogP contribution in [0.2, 0.25) is 0 Å². The molecule has 2 aromatic rings. The van der Waals surface area contributed by atoms with Crippen molar-refractivity contribution in [1.29, 1.82) is 0 Å². The third-order valence-corrected chi connectivity index (χ3v) is 4.25. The zero-order valence-electron chi connectivity index (χ0n) is 11.9. The predicted molar refractivity (Wildman–Crippen MR) is 86.3 cm³/mol.